The minimum atomic E-state index is 0.281. The van der Waals surface area contributed by atoms with Crippen molar-refractivity contribution in [3.8, 4) is 11.3 Å². The summed E-state index contributed by atoms with van der Waals surface area (Å²) in [6.07, 6.45) is 3.41. The molecule has 0 unspecified atom stereocenters. The zero-order valence-corrected chi connectivity index (χ0v) is 7.81. The van der Waals surface area contributed by atoms with Crippen molar-refractivity contribution < 1.29 is 0 Å². The van der Waals surface area contributed by atoms with Gasteiger partial charge >= 0.3 is 0 Å². The highest BCUT2D eigenvalue weighted by Crippen LogP contribution is 2.15. The standard InChI is InChI=1S/C10H10N4/c1-7-2-3-8(6-13-7)9-4-5-12-10(11)14-9/h2-6H,1H3,(H2,11,12,14). The molecule has 0 aliphatic carbocycles. The highest BCUT2D eigenvalue weighted by molar-refractivity contribution is 5.58. The number of aromatic nitrogens is 3. The van der Waals surface area contributed by atoms with Crippen molar-refractivity contribution in [3.63, 3.8) is 0 Å². The molecule has 2 heterocycles. The van der Waals surface area contributed by atoms with E-state index in [9.17, 15) is 0 Å². The summed E-state index contributed by atoms with van der Waals surface area (Å²) in [6.45, 7) is 1.94. The van der Waals surface area contributed by atoms with Crippen LogP contribution in [-0.4, -0.2) is 15.0 Å². The predicted octanol–water partition coefficient (Wildman–Crippen LogP) is 1.43. The van der Waals surface area contributed by atoms with Crippen LogP contribution in [0.15, 0.2) is 30.6 Å². The molecule has 2 aromatic heterocycles. The highest BCUT2D eigenvalue weighted by atomic mass is 15.0. The van der Waals surface area contributed by atoms with Crippen molar-refractivity contribution in [2.45, 2.75) is 6.92 Å². The van der Waals surface area contributed by atoms with Crippen LogP contribution in [0, 0.1) is 6.92 Å². The number of hydrogen-bond donors (Lipinski definition) is 1. The largest absolute Gasteiger partial charge is 0.368 e. The maximum Gasteiger partial charge on any atom is 0.220 e. The SMILES string of the molecule is Cc1ccc(-c2ccnc(N)n2)cn1. The topological polar surface area (TPSA) is 64.7 Å². The first-order valence-corrected chi connectivity index (χ1v) is 4.27. The Morgan fingerprint density at radius 3 is 2.64 bits per heavy atom. The number of nitrogens with zero attached hydrogens (tertiary/aromatic N) is 3. The van der Waals surface area contributed by atoms with E-state index < -0.39 is 0 Å². The van der Waals surface area contributed by atoms with Gasteiger partial charge in [0, 0.05) is 23.7 Å². The van der Waals surface area contributed by atoms with Crippen LogP contribution < -0.4 is 5.73 Å². The quantitative estimate of drug-likeness (QED) is 0.731. The Morgan fingerprint density at radius 1 is 1.14 bits per heavy atom. The van der Waals surface area contributed by atoms with Crippen LogP contribution in [0.4, 0.5) is 5.95 Å². The van der Waals surface area contributed by atoms with E-state index >= 15 is 0 Å². The Bertz CT molecular complexity index is 436. The average Bonchev–Trinajstić information content (AvgIpc) is 2.19. The number of aryl methyl sites for hydroxylation is 1. The van der Waals surface area contributed by atoms with E-state index in [1.54, 1.807) is 12.4 Å². The van der Waals surface area contributed by atoms with E-state index in [1.807, 2.05) is 25.1 Å². The lowest BCUT2D eigenvalue weighted by Crippen LogP contribution is -1.95. The van der Waals surface area contributed by atoms with Crippen LogP contribution in [-0.2, 0) is 0 Å². The third-order valence-electron chi connectivity index (χ3n) is 1.88. The van der Waals surface area contributed by atoms with Gasteiger partial charge in [-0.3, -0.25) is 4.98 Å². The lowest BCUT2D eigenvalue weighted by molar-refractivity contribution is 1.16. The zero-order chi connectivity index (χ0) is 9.97. The third-order valence-corrected chi connectivity index (χ3v) is 1.88. The Kier molecular flexibility index (Phi) is 2.10. The molecule has 0 atom stereocenters. The van der Waals surface area contributed by atoms with Crippen molar-refractivity contribution >= 4 is 5.95 Å². The summed E-state index contributed by atoms with van der Waals surface area (Å²) in [4.78, 5) is 12.1. The summed E-state index contributed by atoms with van der Waals surface area (Å²) in [5.41, 5.74) is 8.21. The van der Waals surface area contributed by atoms with Gasteiger partial charge in [0.25, 0.3) is 0 Å². The lowest BCUT2D eigenvalue weighted by atomic mass is 10.2. The van der Waals surface area contributed by atoms with Crippen molar-refractivity contribution in [1.82, 2.24) is 15.0 Å². The van der Waals surface area contributed by atoms with Gasteiger partial charge in [-0.2, -0.15) is 0 Å². The molecule has 0 spiro atoms. The molecule has 0 radical (unpaired) electrons. The molecule has 0 bridgehead atoms. The summed E-state index contributed by atoms with van der Waals surface area (Å²) in [6, 6.07) is 5.71. The maximum absolute atomic E-state index is 5.48. The van der Waals surface area contributed by atoms with Crippen LogP contribution in [0.1, 0.15) is 5.69 Å². The molecule has 70 valence electrons. The predicted molar refractivity (Wildman–Crippen MR) is 54.4 cm³/mol. The Balaban J connectivity index is 2.44. The van der Waals surface area contributed by atoms with Gasteiger partial charge < -0.3 is 5.73 Å². The van der Waals surface area contributed by atoms with Crippen LogP contribution in [0.25, 0.3) is 11.3 Å². The van der Waals surface area contributed by atoms with Crippen LogP contribution >= 0.6 is 0 Å². The fraction of sp³-hybridized carbons (Fsp3) is 0.100. The molecule has 14 heavy (non-hydrogen) atoms. The van der Waals surface area contributed by atoms with E-state index in [1.165, 1.54) is 0 Å². The summed E-state index contributed by atoms with van der Waals surface area (Å²) in [5.74, 6) is 0.281. The molecular weight excluding hydrogens is 176 g/mol. The molecule has 2 rings (SSSR count). The van der Waals surface area contributed by atoms with Crippen LogP contribution in [0.2, 0.25) is 0 Å². The maximum atomic E-state index is 5.48. The average molecular weight is 186 g/mol. The molecule has 0 aromatic carbocycles. The minimum absolute atomic E-state index is 0.281. The Hall–Kier alpha value is -1.97. The van der Waals surface area contributed by atoms with E-state index in [-0.39, 0.29) is 5.95 Å². The molecule has 0 saturated heterocycles. The minimum Gasteiger partial charge on any atom is -0.368 e. The zero-order valence-electron chi connectivity index (χ0n) is 7.81. The van der Waals surface area contributed by atoms with E-state index in [2.05, 4.69) is 15.0 Å². The van der Waals surface area contributed by atoms with Gasteiger partial charge in [0.05, 0.1) is 5.69 Å². The van der Waals surface area contributed by atoms with Crippen molar-refractivity contribution in [3.05, 3.63) is 36.3 Å². The molecule has 4 nitrogen and oxygen atoms in total. The van der Waals surface area contributed by atoms with Gasteiger partial charge in [-0.05, 0) is 25.1 Å². The Labute approximate surface area is 81.9 Å². The van der Waals surface area contributed by atoms with Gasteiger partial charge in [-0.1, -0.05) is 0 Å². The molecule has 0 aliphatic heterocycles. The number of pyridine rings is 1. The lowest BCUT2D eigenvalue weighted by Gasteiger charge is -2.00. The summed E-state index contributed by atoms with van der Waals surface area (Å²) in [7, 11) is 0. The number of nitrogens with two attached hydrogens (primary N) is 1. The van der Waals surface area contributed by atoms with E-state index in [0.29, 0.717) is 0 Å². The van der Waals surface area contributed by atoms with Gasteiger partial charge in [-0.15, -0.1) is 0 Å². The first-order chi connectivity index (χ1) is 6.75. The first kappa shape index (κ1) is 8.62. The van der Waals surface area contributed by atoms with Crippen LogP contribution in [0.5, 0.6) is 0 Å². The Morgan fingerprint density at radius 2 is 2.00 bits per heavy atom. The molecule has 0 aliphatic rings. The summed E-state index contributed by atoms with van der Waals surface area (Å²) < 4.78 is 0. The summed E-state index contributed by atoms with van der Waals surface area (Å²) in [5, 5.41) is 0. The van der Waals surface area contributed by atoms with E-state index in [0.717, 1.165) is 17.0 Å². The first-order valence-electron chi connectivity index (χ1n) is 4.27. The fourth-order valence-electron chi connectivity index (χ4n) is 1.15. The monoisotopic (exact) mass is 186 g/mol. The van der Waals surface area contributed by atoms with Gasteiger partial charge in [0.1, 0.15) is 0 Å². The number of nitrogen functional groups attached to an aromatic ring is 1. The number of rotatable bonds is 1. The highest BCUT2D eigenvalue weighted by Gasteiger charge is 1.99. The molecule has 4 heteroatoms. The van der Waals surface area contributed by atoms with Gasteiger partial charge in [-0.25, -0.2) is 9.97 Å². The molecule has 2 N–H and O–H groups in total. The molecule has 2 aromatic rings. The third kappa shape index (κ3) is 1.69. The number of hydrogen-bond acceptors (Lipinski definition) is 4. The molecule has 0 amide bonds. The second kappa shape index (κ2) is 3.41. The van der Waals surface area contributed by atoms with Crippen molar-refractivity contribution in [1.29, 1.82) is 0 Å². The second-order valence-corrected chi connectivity index (χ2v) is 2.99. The van der Waals surface area contributed by atoms with Crippen LogP contribution in [0.3, 0.4) is 0 Å². The van der Waals surface area contributed by atoms with Crippen molar-refractivity contribution in [2.24, 2.45) is 0 Å². The van der Waals surface area contributed by atoms with Crippen molar-refractivity contribution in [2.75, 3.05) is 5.73 Å². The van der Waals surface area contributed by atoms with Gasteiger partial charge in [0.15, 0.2) is 0 Å². The molecule has 0 fully saturated rings. The normalized spacial score (nSPS) is 10.1. The van der Waals surface area contributed by atoms with Gasteiger partial charge in [0.2, 0.25) is 5.95 Å². The molecule has 0 saturated carbocycles. The van der Waals surface area contributed by atoms with E-state index in [4.69, 9.17) is 5.73 Å². The smallest absolute Gasteiger partial charge is 0.220 e. The summed E-state index contributed by atoms with van der Waals surface area (Å²) >= 11 is 0. The fourth-order valence-corrected chi connectivity index (χ4v) is 1.15. The number of anilines is 1. The molecular formula is C10H10N4. The second-order valence-electron chi connectivity index (χ2n) is 2.99.